The second-order valence-corrected chi connectivity index (χ2v) is 5.67. The zero-order chi connectivity index (χ0) is 15.5. The molecule has 6 heteroatoms. The summed E-state index contributed by atoms with van der Waals surface area (Å²) in [5, 5.41) is 0. The van der Waals surface area contributed by atoms with Crippen molar-refractivity contribution in [3.05, 3.63) is 12.2 Å². The van der Waals surface area contributed by atoms with E-state index in [2.05, 4.69) is 11.3 Å². The largest absolute Gasteiger partial charge is 0.460 e. The van der Waals surface area contributed by atoms with E-state index in [1.54, 1.807) is 6.92 Å². The van der Waals surface area contributed by atoms with Gasteiger partial charge >= 0.3 is 17.9 Å². The standard InChI is InChI=1S/C14H20O6/c1-8(2)12(16)18-7-10(15)20-11-13(17)19-9(3)6-14(11,4)5/h9,11H,1,6-7H2,2-5H3. The Bertz CT molecular complexity index is 437. The highest BCUT2D eigenvalue weighted by Gasteiger charge is 2.45. The van der Waals surface area contributed by atoms with Crippen LogP contribution >= 0.6 is 0 Å². The van der Waals surface area contributed by atoms with Crippen LogP contribution in [0, 0.1) is 5.41 Å². The molecule has 0 saturated carbocycles. The third-order valence-electron chi connectivity index (χ3n) is 2.97. The highest BCUT2D eigenvalue weighted by atomic mass is 16.6. The number of hydrogen-bond donors (Lipinski definition) is 0. The van der Waals surface area contributed by atoms with E-state index in [0.717, 1.165) is 0 Å². The normalized spacial score (nSPS) is 24.5. The molecule has 20 heavy (non-hydrogen) atoms. The van der Waals surface area contributed by atoms with Crippen molar-refractivity contribution in [1.29, 1.82) is 0 Å². The van der Waals surface area contributed by atoms with E-state index in [-0.39, 0.29) is 11.7 Å². The summed E-state index contributed by atoms with van der Waals surface area (Å²) in [5.74, 6) is -2.04. The molecule has 2 atom stereocenters. The lowest BCUT2D eigenvalue weighted by atomic mass is 9.79. The Morgan fingerprint density at radius 3 is 2.55 bits per heavy atom. The molecule has 1 aliphatic heterocycles. The molecular formula is C14H20O6. The molecule has 0 aromatic heterocycles. The molecule has 1 saturated heterocycles. The van der Waals surface area contributed by atoms with Crippen LogP contribution < -0.4 is 0 Å². The zero-order valence-electron chi connectivity index (χ0n) is 12.2. The van der Waals surface area contributed by atoms with Crippen LogP contribution in [-0.2, 0) is 28.6 Å². The smallest absolute Gasteiger partial charge is 0.348 e. The summed E-state index contributed by atoms with van der Waals surface area (Å²) in [5.41, 5.74) is -0.341. The molecule has 2 unspecified atom stereocenters. The maximum absolute atomic E-state index is 11.8. The molecule has 112 valence electrons. The van der Waals surface area contributed by atoms with Gasteiger partial charge in [0.05, 0.1) is 6.10 Å². The Morgan fingerprint density at radius 1 is 1.45 bits per heavy atom. The van der Waals surface area contributed by atoms with Gasteiger partial charge in [-0.3, -0.25) is 0 Å². The molecule has 0 aromatic rings. The van der Waals surface area contributed by atoms with Crippen molar-refractivity contribution < 1.29 is 28.6 Å². The molecule has 0 spiro atoms. The van der Waals surface area contributed by atoms with Gasteiger partial charge in [0.25, 0.3) is 0 Å². The summed E-state index contributed by atoms with van der Waals surface area (Å²) in [6.07, 6.45) is -0.620. The quantitative estimate of drug-likeness (QED) is 0.441. The maximum atomic E-state index is 11.8. The summed E-state index contributed by atoms with van der Waals surface area (Å²) in [6.45, 7) is 9.73. The molecule has 1 rings (SSSR count). The summed E-state index contributed by atoms with van der Waals surface area (Å²) in [6, 6.07) is 0. The molecule has 0 amide bonds. The lowest BCUT2D eigenvalue weighted by Gasteiger charge is -2.38. The van der Waals surface area contributed by atoms with Gasteiger partial charge in [0.15, 0.2) is 6.61 Å². The fourth-order valence-corrected chi connectivity index (χ4v) is 2.09. The van der Waals surface area contributed by atoms with Gasteiger partial charge in [0.1, 0.15) is 0 Å². The average molecular weight is 284 g/mol. The molecular weight excluding hydrogens is 264 g/mol. The highest BCUT2D eigenvalue weighted by Crippen LogP contribution is 2.35. The van der Waals surface area contributed by atoms with Crippen LogP contribution in [0.3, 0.4) is 0 Å². The van der Waals surface area contributed by atoms with Gasteiger partial charge in [-0.1, -0.05) is 20.4 Å². The van der Waals surface area contributed by atoms with Crippen LogP contribution in [0.25, 0.3) is 0 Å². The molecule has 0 aliphatic carbocycles. The Balaban J connectivity index is 2.58. The molecule has 1 heterocycles. The van der Waals surface area contributed by atoms with Crippen LogP contribution in [0.2, 0.25) is 0 Å². The fourth-order valence-electron chi connectivity index (χ4n) is 2.09. The second kappa shape index (κ2) is 6.07. The van der Waals surface area contributed by atoms with Crippen molar-refractivity contribution in [3.63, 3.8) is 0 Å². The zero-order valence-corrected chi connectivity index (χ0v) is 12.2. The first kappa shape index (κ1) is 16.2. The van der Waals surface area contributed by atoms with Crippen LogP contribution in [0.4, 0.5) is 0 Å². The van der Waals surface area contributed by atoms with E-state index in [1.807, 2.05) is 13.8 Å². The van der Waals surface area contributed by atoms with E-state index < -0.39 is 36.0 Å². The first-order valence-electron chi connectivity index (χ1n) is 6.36. The molecule has 0 radical (unpaired) electrons. The van der Waals surface area contributed by atoms with Gasteiger partial charge in [-0.15, -0.1) is 0 Å². The number of esters is 3. The maximum Gasteiger partial charge on any atom is 0.348 e. The van der Waals surface area contributed by atoms with Crippen LogP contribution in [0.15, 0.2) is 12.2 Å². The Kier molecular flexibility index (Phi) is 4.92. The van der Waals surface area contributed by atoms with Crippen molar-refractivity contribution >= 4 is 17.9 Å². The van der Waals surface area contributed by atoms with E-state index in [9.17, 15) is 14.4 Å². The van der Waals surface area contributed by atoms with Crippen LogP contribution in [0.1, 0.15) is 34.1 Å². The van der Waals surface area contributed by atoms with E-state index >= 15 is 0 Å². The molecule has 0 bridgehead atoms. The van der Waals surface area contributed by atoms with Crippen molar-refractivity contribution in [2.75, 3.05) is 6.61 Å². The minimum absolute atomic E-state index is 0.184. The topological polar surface area (TPSA) is 78.9 Å². The number of carbonyl (C=O) groups is 3. The van der Waals surface area contributed by atoms with Gasteiger partial charge in [0.2, 0.25) is 6.10 Å². The summed E-state index contributed by atoms with van der Waals surface area (Å²) in [4.78, 5) is 34.6. The number of cyclic esters (lactones) is 1. The molecule has 0 aromatic carbocycles. The van der Waals surface area contributed by atoms with Crippen molar-refractivity contribution in [2.45, 2.75) is 46.3 Å². The van der Waals surface area contributed by atoms with Gasteiger partial charge in [-0.05, 0) is 20.3 Å². The minimum Gasteiger partial charge on any atom is -0.460 e. The fraction of sp³-hybridized carbons (Fsp3) is 0.643. The Hall–Kier alpha value is -1.85. The third kappa shape index (κ3) is 4.08. The minimum atomic E-state index is -0.991. The monoisotopic (exact) mass is 284 g/mol. The first-order valence-corrected chi connectivity index (χ1v) is 6.36. The Morgan fingerprint density at radius 2 is 2.05 bits per heavy atom. The predicted molar refractivity (Wildman–Crippen MR) is 69.6 cm³/mol. The number of carbonyl (C=O) groups excluding carboxylic acids is 3. The first-order chi connectivity index (χ1) is 9.13. The van der Waals surface area contributed by atoms with Crippen molar-refractivity contribution in [1.82, 2.24) is 0 Å². The summed E-state index contributed by atoms with van der Waals surface area (Å²) < 4.78 is 14.8. The SMILES string of the molecule is C=C(C)C(=O)OCC(=O)OC1C(=O)OC(C)CC1(C)C. The summed E-state index contributed by atoms with van der Waals surface area (Å²) in [7, 11) is 0. The highest BCUT2D eigenvalue weighted by molar-refractivity contribution is 5.89. The average Bonchev–Trinajstić information content (AvgIpc) is 2.29. The van der Waals surface area contributed by atoms with Crippen molar-refractivity contribution in [2.24, 2.45) is 5.41 Å². The van der Waals surface area contributed by atoms with Gasteiger partial charge in [-0.2, -0.15) is 0 Å². The van der Waals surface area contributed by atoms with Crippen LogP contribution in [0.5, 0.6) is 0 Å². The lowest BCUT2D eigenvalue weighted by Crippen LogP contribution is -2.49. The third-order valence-corrected chi connectivity index (χ3v) is 2.97. The van der Waals surface area contributed by atoms with E-state index in [1.165, 1.54) is 6.92 Å². The van der Waals surface area contributed by atoms with E-state index in [4.69, 9.17) is 9.47 Å². The van der Waals surface area contributed by atoms with Gasteiger partial charge in [-0.25, -0.2) is 14.4 Å². The molecule has 1 fully saturated rings. The van der Waals surface area contributed by atoms with E-state index in [0.29, 0.717) is 6.42 Å². The van der Waals surface area contributed by atoms with Gasteiger partial charge in [0, 0.05) is 11.0 Å². The molecule has 1 aliphatic rings. The van der Waals surface area contributed by atoms with Crippen molar-refractivity contribution in [3.8, 4) is 0 Å². The van der Waals surface area contributed by atoms with Gasteiger partial charge < -0.3 is 14.2 Å². The summed E-state index contributed by atoms with van der Waals surface area (Å²) >= 11 is 0. The molecule has 0 N–H and O–H groups in total. The number of rotatable bonds is 4. The number of hydrogen-bond acceptors (Lipinski definition) is 6. The Labute approximate surface area is 118 Å². The predicted octanol–water partition coefficient (Wildman–Crippen LogP) is 1.38. The lowest BCUT2D eigenvalue weighted by molar-refractivity contribution is -0.194. The second-order valence-electron chi connectivity index (χ2n) is 5.67. The number of ether oxygens (including phenoxy) is 3. The molecule has 6 nitrogen and oxygen atoms in total. The van der Waals surface area contributed by atoms with Crippen LogP contribution in [-0.4, -0.2) is 36.7 Å².